The van der Waals surface area contributed by atoms with Crippen LogP contribution in [0.25, 0.3) is 10.9 Å². The van der Waals surface area contributed by atoms with Crippen LogP contribution in [0.3, 0.4) is 0 Å². The second-order valence-corrected chi connectivity index (χ2v) is 5.51. The summed E-state index contributed by atoms with van der Waals surface area (Å²) in [5.74, 6) is 0.701. The molecule has 6 heteroatoms. The maximum absolute atomic E-state index is 12.1. The first-order valence-electron chi connectivity index (χ1n) is 6.79. The summed E-state index contributed by atoms with van der Waals surface area (Å²) in [6.07, 6.45) is 0. The molecule has 0 bridgehead atoms. The molecule has 106 valence electrons. The first kappa shape index (κ1) is 13.5. The number of H-pyrrole nitrogens is 1. The van der Waals surface area contributed by atoms with Gasteiger partial charge in [-0.3, -0.25) is 9.69 Å². The summed E-state index contributed by atoms with van der Waals surface area (Å²) in [4.78, 5) is 21.9. The SMILES string of the molecule is CC(c1nc2cc(Cl)ccc2c(=O)[nH]1)N1CCNCC1. The van der Waals surface area contributed by atoms with Gasteiger partial charge in [-0.1, -0.05) is 11.6 Å². The molecule has 20 heavy (non-hydrogen) atoms. The first-order valence-corrected chi connectivity index (χ1v) is 7.17. The molecule has 0 radical (unpaired) electrons. The molecule has 0 aliphatic carbocycles. The number of fused-ring (bicyclic) bond motifs is 1. The summed E-state index contributed by atoms with van der Waals surface area (Å²) in [5.41, 5.74) is 0.543. The molecule has 0 saturated carbocycles. The number of nitrogens with zero attached hydrogens (tertiary/aromatic N) is 2. The molecule has 1 aliphatic heterocycles. The molecular weight excluding hydrogens is 276 g/mol. The smallest absolute Gasteiger partial charge is 0.258 e. The second kappa shape index (κ2) is 5.52. The number of piperazine rings is 1. The number of benzene rings is 1. The van der Waals surface area contributed by atoms with Gasteiger partial charge in [-0.2, -0.15) is 0 Å². The minimum absolute atomic E-state index is 0.0909. The standard InChI is InChI=1S/C14H17ClN4O/c1-9(19-6-4-16-5-7-19)13-17-12-8-10(15)2-3-11(12)14(20)18-13/h2-3,8-9,16H,4-7H2,1H3,(H,17,18,20). The maximum atomic E-state index is 12.1. The Hall–Kier alpha value is -1.43. The Labute approximate surface area is 122 Å². The monoisotopic (exact) mass is 292 g/mol. The summed E-state index contributed by atoms with van der Waals surface area (Å²) in [6.45, 7) is 5.92. The van der Waals surface area contributed by atoms with Crippen molar-refractivity contribution in [3.05, 3.63) is 39.4 Å². The Morgan fingerprint density at radius 2 is 2.10 bits per heavy atom. The van der Waals surface area contributed by atoms with E-state index in [1.54, 1.807) is 18.2 Å². The van der Waals surface area contributed by atoms with Crippen LogP contribution in [0.2, 0.25) is 5.02 Å². The molecule has 1 atom stereocenters. The molecule has 1 saturated heterocycles. The Kier molecular flexibility index (Phi) is 3.74. The Balaban J connectivity index is 2.00. The fraction of sp³-hybridized carbons (Fsp3) is 0.429. The molecule has 5 nitrogen and oxygen atoms in total. The van der Waals surface area contributed by atoms with E-state index in [9.17, 15) is 4.79 Å². The van der Waals surface area contributed by atoms with E-state index in [1.807, 2.05) is 0 Å². The Bertz CT molecular complexity index is 678. The van der Waals surface area contributed by atoms with E-state index in [0.29, 0.717) is 21.7 Å². The highest BCUT2D eigenvalue weighted by atomic mass is 35.5. The molecular formula is C14H17ClN4O. The number of halogens is 1. The van der Waals surface area contributed by atoms with Crippen molar-refractivity contribution in [3.8, 4) is 0 Å². The van der Waals surface area contributed by atoms with Crippen LogP contribution in [0.1, 0.15) is 18.8 Å². The van der Waals surface area contributed by atoms with Crippen LogP contribution >= 0.6 is 11.6 Å². The summed E-state index contributed by atoms with van der Waals surface area (Å²) >= 11 is 5.98. The third kappa shape index (κ3) is 2.57. The summed E-state index contributed by atoms with van der Waals surface area (Å²) in [7, 11) is 0. The van der Waals surface area contributed by atoms with Crippen LogP contribution in [-0.2, 0) is 0 Å². The molecule has 2 heterocycles. The van der Waals surface area contributed by atoms with Gasteiger partial charge in [0, 0.05) is 31.2 Å². The van der Waals surface area contributed by atoms with Crippen LogP contribution in [0.4, 0.5) is 0 Å². The van der Waals surface area contributed by atoms with E-state index < -0.39 is 0 Å². The molecule has 1 aromatic heterocycles. The fourth-order valence-corrected chi connectivity index (χ4v) is 2.74. The van der Waals surface area contributed by atoms with Crippen molar-refractivity contribution in [2.45, 2.75) is 13.0 Å². The lowest BCUT2D eigenvalue weighted by molar-refractivity contribution is 0.179. The van der Waals surface area contributed by atoms with Gasteiger partial charge in [0.1, 0.15) is 5.82 Å². The number of hydrogen-bond acceptors (Lipinski definition) is 4. The zero-order chi connectivity index (χ0) is 14.1. The second-order valence-electron chi connectivity index (χ2n) is 5.07. The number of aromatic amines is 1. The van der Waals surface area contributed by atoms with E-state index in [-0.39, 0.29) is 11.6 Å². The van der Waals surface area contributed by atoms with E-state index in [4.69, 9.17) is 11.6 Å². The van der Waals surface area contributed by atoms with Crippen LogP contribution in [0.5, 0.6) is 0 Å². The zero-order valence-corrected chi connectivity index (χ0v) is 12.1. The topological polar surface area (TPSA) is 61.0 Å². The third-order valence-corrected chi connectivity index (χ3v) is 4.02. The lowest BCUT2D eigenvalue weighted by Gasteiger charge is -2.32. The maximum Gasteiger partial charge on any atom is 0.258 e. The normalized spacial score (nSPS) is 18.3. The summed E-state index contributed by atoms with van der Waals surface area (Å²) in [6, 6.07) is 5.25. The van der Waals surface area contributed by atoms with Crippen molar-refractivity contribution in [2.24, 2.45) is 0 Å². The summed E-state index contributed by atoms with van der Waals surface area (Å²) in [5, 5.41) is 4.49. The van der Waals surface area contributed by atoms with Gasteiger partial charge in [0.2, 0.25) is 0 Å². The van der Waals surface area contributed by atoms with Crippen LogP contribution in [0.15, 0.2) is 23.0 Å². The molecule has 0 amide bonds. The Morgan fingerprint density at radius 3 is 2.85 bits per heavy atom. The molecule has 1 aromatic carbocycles. The van der Waals surface area contributed by atoms with E-state index in [0.717, 1.165) is 26.2 Å². The first-order chi connectivity index (χ1) is 9.65. The van der Waals surface area contributed by atoms with Crippen molar-refractivity contribution < 1.29 is 0 Å². The van der Waals surface area contributed by atoms with Gasteiger partial charge in [-0.25, -0.2) is 4.98 Å². The molecule has 0 spiro atoms. The van der Waals surface area contributed by atoms with Gasteiger partial charge in [0.15, 0.2) is 0 Å². The van der Waals surface area contributed by atoms with Crippen molar-refractivity contribution in [1.82, 2.24) is 20.2 Å². The molecule has 3 rings (SSSR count). The molecule has 2 N–H and O–H groups in total. The van der Waals surface area contributed by atoms with E-state index in [1.165, 1.54) is 0 Å². The van der Waals surface area contributed by atoms with Crippen LogP contribution < -0.4 is 10.9 Å². The van der Waals surface area contributed by atoms with Crippen molar-refractivity contribution in [1.29, 1.82) is 0 Å². The molecule has 1 fully saturated rings. The number of aromatic nitrogens is 2. The minimum atomic E-state index is -0.108. The molecule has 1 aliphatic rings. The Morgan fingerprint density at radius 1 is 1.35 bits per heavy atom. The fourth-order valence-electron chi connectivity index (χ4n) is 2.57. The molecule has 1 unspecified atom stereocenters. The average Bonchev–Trinajstić information content (AvgIpc) is 2.46. The zero-order valence-electron chi connectivity index (χ0n) is 11.3. The van der Waals surface area contributed by atoms with Gasteiger partial charge in [0.05, 0.1) is 16.9 Å². The van der Waals surface area contributed by atoms with E-state index >= 15 is 0 Å². The van der Waals surface area contributed by atoms with Gasteiger partial charge in [0.25, 0.3) is 5.56 Å². The number of rotatable bonds is 2. The van der Waals surface area contributed by atoms with Gasteiger partial charge < -0.3 is 10.3 Å². The lowest BCUT2D eigenvalue weighted by atomic mass is 10.2. The predicted molar refractivity (Wildman–Crippen MR) is 80.2 cm³/mol. The van der Waals surface area contributed by atoms with Crippen molar-refractivity contribution in [2.75, 3.05) is 26.2 Å². The number of hydrogen-bond donors (Lipinski definition) is 2. The average molecular weight is 293 g/mol. The highest BCUT2D eigenvalue weighted by Gasteiger charge is 2.20. The van der Waals surface area contributed by atoms with Gasteiger partial charge in [-0.05, 0) is 25.1 Å². The van der Waals surface area contributed by atoms with Gasteiger partial charge >= 0.3 is 0 Å². The lowest BCUT2D eigenvalue weighted by Crippen LogP contribution is -2.45. The quantitative estimate of drug-likeness (QED) is 0.881. The van der Waals surface area contributed by atoms with Crippen LogP contribution in [-0.4, -0.2) is 41.0 Å². The van der Waals surface area contributed by atoms with Crippen molar-refractivity contribution >= 4 is 22.5 Å². The number of nitrogens with one attached hydrogen (secondary N) is 2. The predicted octanol–water partition coefficient (Wildman–Crippen LogP) is 1.54. The largest absolute Gasteiger partial charge is 0.314 e. The van der Waals surface area contributed by atoms with E-state index in [2.05, 4.69) is 27.1 Å². The van der Waals surface area contributed by atoms with Crippen molar-refractivity contribution in [3.63, 3.8) is 0 Å². The molecule has 2 aromatic rings. The van der Waals surface area contributed by atoms with Gasteiger partial charge in [-0.15, -0.1) is 0 Å². The third-order valence-electron chi connectivity index (χ3n) is 3.78. The summed E-state index contributed by atoms with van der Waals surface area (Å²) < 4.78 is 0. The highest BCUT2D eigenvalue weighted by molar-refractivity contribution is 6.31. The highest BCUT2D eigenvalue weighted by Crippen LogP contribution is 2.19. The minimum Gasteiger partial charge on any atom is -0.314 e. The van der Waals surface area contributed by atoms with Crippen LogP contribution in [0, 0.1) is 0 Å².